The lowest BCUT2D eigenvalue weighted by Gasteiger charge is -2.13. The fourth-order valence-electron chi connectivity index (χ4n) is 2.58. The maximum atomic E-state index is 12.4. The lowest BCUT2D eigenvalue weighted by molar-refractivity contribution is -0.120. The standard InChI is InChI=1S/C21H22BrN3O3S2/c1-4-27-17-11-14(10-15(22)19(17)28-5-2)12-23-25-20(26)13(3)29-21-24-16-8-6-7-9-18(16)30-21/h6-13H,4-5H2,1-3H3,(H,25,26)/b23-12-/t13-/m0/s1. The molecule has 0 fully saturated rings. The first-order valence-corrected chi connectivity index (χ1v) is 11.9. The van der Waals surface area contributed by atoms with E-state index in [9.17, 15) is 4.79 Å². The molecule has 9 heteroatoms. The van der Waals surface area contributed by atoms with Gasteiger partial charge in [-0.05, 0) is 66.5 Å². The van der Waals surface area contributed by atoms with E-state index >= 15 is 0 Å². The number of rotatable bonds is 9. The first kappa shape index (κ1) is 22.6. The number of hydrogen-bond acceptors (Lipinski definition) is 7. The summed E-state index contributed by atoms with van der Waals surface area (Å²) in [6.45, 7) is 6.72. The second kappa shape index (κ2) is 10.8. The average Bonchev–Trinajstić information content (AvgIpc) is 3.13. The van der Waals surface area contributed by atoms with Gasteiger partial charge in [-0.1, -0.05) is 23.9 Å². The van der Waals surface area contributed by atoms with E-state index in [-0.39, 0.29) is 11.2 Å². The molecule has 30 heavy (non-hydrogen) atoms. The molecule has 0 saturated carbocycles. The number of thioether (sulfide) groups is 1. The lowest BCUT2D eigenvalue weighted by atomic mass is 10.2. The molecule has 0 saturated heterocycles. The van der Waals surface area contributed by atoms with E-state index in [1.807, 2.05) is 57.2 Å². The number of hydrogen-bond donors (Lipinski definition) is 1. The zero-order valence-electron chi connectivity index (χ0n) is 16.8. The van der Waals surface area contributed by atoms with Gasteiger partial charge in [0.15, 0.2) is 15.8 Å². The van der Waals surface area contributed by atoms with Crippen LogP contribution in [-0.2, 0) is 4.79 Å². The van der Waals surface area contributed by atoms with Crippen LogP contribution in [0, 0.1) is 0 Å². The van der Waals surface area contributed by atoms with Crippen molar-refractivity contribution < 1.29 is 14.3 Å². The highest BCUT2D eigenvalue weighted by Crippen LogP contribution is 2.36. The van der Waals surface area contributed by atoms with Gasteiger partial charge in [0.05, 0.1) is 39.4 Å². The minimum Gasteiger partial charge on any atom is -0.490 e. The Balaban J connectivity index is 1.63. The number of nitrogens with zero attached hydrogens (tertiary/aromatic N) is 2. The maximum Gasteiger partial charge on any atom is 0.253 e. The van der Waals surface area contributed by atoms with Gasteiger partial charge < -0.3 is 9.47 Å². The number of para-hydroxylation sites is 1. The number of fused-ring (bicyclic) bond motifs is 1. The van der Waals surface area contributed by atoms with E-state index in [2.05, 4.69) is 31.4 Å². The smallest absolute Gasteiger partial charge is 0.253 e. The average molecular weight is 508 g/mol. The summed E-state index contributed by atoms with van der Waals surface area (Å²) in [7, 11) is 0. The second-order valence-electron chi connectivity index (χ2n) is 6.14. The van der Waals surface area contributed by atoms with Crippen LogP contribution in [0.25, 0.3) is 10.2 Å². The number of thiazole rings is 1. The Morgan fingerprint density at radius 1 is 1.30 bits per heavy atom. The van der Waals surface area contributed by atoms with Crippen molar-refractivity contribution in [2.45, 2.75) is 30.4 Å². The quantitative estimate of drug-likeness (QED) is 0.235. The Kier molecular flexibility index (Phi) is 8.12. The molecule has 1 N–H and O–H groups in total. The molecule has 0 bridgehead atoms. The van der Waals surface area contributed by atoms with E-state index in [4.69, 9.17) is 9.47 Å². The summed E-state index contributed by atoms with van der Waals surface area (Å²) in [5, 5.41) is 3.77. The van der Waals surface area contributed by atoms with E-state index in [1.165, 1.54) is 11.8 Å². The molecule has 1 atom stereocenters. The molecule has 158 valence electrons. The third kappa shape index (κ3) is 5.74. The van der Waals surface area contributed by atoms with Crippen molar-refractivity contribution in [3.05, 3.63) is 46.4 Å². The van der Waals surface area contributed by atoms with Crippen LogP contribution < -0.4 is 14.9 Å². The predicted molar refractivity (Wildman–Crippen MR) is 127 cm³/mol. The monoisotopic (exact) mass is 507 g/mol. The van der Waals surface area contributed by atoms with Crippen molar-refractivity contribution >= 4 is 61.4 Å². The number of carbonyl (C=O) groups is 1. The number of hydrazone groups is 1. The first-order chi connectivity index (χ1) is 14.5. The number of nitrogens with one attached hydrogen (secondary N) is 1. The van der Waals surface area contributed by atoms with E-state index in [0.29, 0.717) is 24.7 Å². The van der Waals surface area contributed by atoms with Gasteiger partial charge in [0, 0.05) is 0 Å². The SMILES string of the molecule is CCOc1cc(/C=N\NC(=O)[C@H](C)Sc2nc3ccccc3s2)cc(Br)c1OCC. The van der Waals surface area contributed by atoms with E-state index in [0.717, 1.165) is 24.6 Å². The second-order valence-corrected chi connectivity index (χ2v) is 9.61. The summed E-state index contributed by atoms with van der Waals surface area (Å²) in [6, 6.07) is 11.6. The minimum atomic E-state index is -0.325. The van der Waals surface area contributed by atoms with Crippen molar-refractivity contribution in [2.75, 3.05) is 13.2 Å². The number of ether oxygens (including phenoxy) is 2. The number of halogens is 1. The normalized spacial score (nSPS) is 12.3. The summed E-state index contributed by atoms with van der Waals surface area (Å²) in [4.78, 5) is 17.0. The highest BCUT2D eigenvalue weighted by atomic mass is 79.9. The molecule has 0 aliphatic carbocycles. The number of aromatic nitrogens is 1. The molecule has 1 amide bonds. The molecular formula is C21H22BrN3O3S2. The third-order valence-electron chi connectivity index (χ3n) is 3.93. The Bertz CT molecular complexity index is 1020. The van der Waals surface area contributed by atoms with Gasteiger partial charge in [0.25, 0.3) is 5.91 Å². The number of amides is 1. The van der Waals surface area contributed by atoms with Gasteiger partial charge in [0.2, 0.25) is 0 Å². The van der Waals surface area contributed by atoms with Crippen molar-refractivity contribution in [3.8, 4) is 11.5 Å². The van der Waals surface area contributed by atoms with E-state index in [1.54, 1.807) is 17.6 Å². The summed E-state index contributed by atoms with van der Waals surface area (Å²) in [5.74, 6) is 1.09. The molecule has 3 rings (SSSR count). The molecule has 2 aromatic carbocycles. The molecule has 0 unspecified atom stereocenters. The molecule has 1 aromatic heterocycles. The molecule has 0 radical (unpaired) electrons. The highest BCUT2D eigenvalue weighted by Gasteiger charge is 2.16. The molecule has 3 aromatic rings. The topological polar surface area (TPSA) is 72.8 Å². The fourth-order valence-corrected chi connectivity index (χ4v) is 5.36. The Morgan fingerprint density at radius 3 is 2.80 bits per heavy atom. The zero-order chi connectivity index (χ0) is 21.5. The Labute approximate surface area is 192 Å². The van der Waals surface area contributed by atoms with Crippen LogP contribution >= 0.6 is 39.0 Å². The van der Waals surface area contributed by atoms with Crippen molar-refractivity contribution in [1.82, 2.24) is 10.4 Å². The fraction of sp³-hybridized carbons (Fsp3) is 0.286. The van der Waals surface area contributed by atoms with E-state index < -0.39 is 0 Å². The van der Waals surface area contributed by atoms with Gasteiger partial charge in [-0.15, -0.1) is 11.3 Å². The summed E-state index contributed by atoms with van der Waals surface area (Å²) < 4.78 is 14.0. The summed E-state index contributed by atoms with van der Waals surface area (Å²) in [6.07, 6.45) is 1.58. The highest BCUT2D eigenvalue weighted by molar-refractivity contribution is 9.10. The third-order valence-corrected chi connectivity index (χ3v) is 6.75. The lowest BCUT2D eigenvalue weighted by Crippen LogP contribution is -2.26. The minimum absolute atomic E-state index is 0.189. The van der Waals surface area contributed by atoms with Crippen LogP contribution in [0.3, 0.4) is 0 Å². The summed E-state index contributed by atoms with van der Waals surface area (Å²) in [5.41, 5.74) is 4.32. The largest absolute Gasteiger partial charge is 0.490 e. The van der Waals surface area contributed by atoms with Gasteiger partial charge >= 0.3 is 0 Å². The predicted octanol–water partition coefficient (Wildman–Crippen LogP) is 5.49. The molecule has 0 spiro atoms. The molecule has 0 aliphatic rings. The summed E-state index contributed by atoms with van der Waals surface area (Å²) >= 11 is 6.50. The number of benzene rings is 2. The van der Waals surface area contributed by atoms with Crippen LogP contribution in [0.2, 0.25) is 0 Å². The van der Waals surface area contributed by atoms with Crippen molar-refractivity contribution in [3.63, 3.8) is 0 Å². The van der Waals surface area contributed by atoms with Gasteiger partial charge in [-0.3, -0.25) is 4.79 Å². The Hall–Kier alpha value is -2.10. The van der Waals surface area contributed by atoms with Crippen LogP contribution in [0.5, 0.6) is 11.5 Å². The Morgan fingerprint density at radius 2 is 2.07 bits per heavy atom. The molecule has 6 nitrogen and oxygen atoms in total. The molecule has 1 heterocycles. The van der Waals surface area contributed by atoms with Crippen molar-refractivity contribution in [1.29, 1.82) is 0 Å². The van der Waals surface area contributed by atoms with Crippen LogP contribution in [-0.4, -0.2) is 35.6 Å². The number of carbonyl (C=O) groups excluding carboxylic acids is 1. The van der Waals surface area contributed by atoms with Crippen LogP contribution in [0.1, 0.15) is 26.3 Å². The van der Waals surface area contributed by atoms with Crippen molar-refractivity contribution in [2.24, 2.45) is 5.10 Å². The van der Waals surface area contributed by atoms with Gasteiger partial charge in [-0.2, -0.15) is 5.10 Å². The maximum absolute atomic E-state index is 12.4. The molecular weight excluding hydrogens is 486 g/mol. The first-order valence-electron chi connectivity index (χ1n) is 9.46. The van der Waals surface area contributed by atoms with Gasteiger partial charge in [-0.25, -0.2) is 10.4 Å². The van der Waals surface area contributed by atoms with Gasteiger partial charge in [0.1, 0.15) is 0 Å². The molecule has 0 aliphatic heterocycles. The van der Waals surface area contributed by atoms with Crippen LogP contribution in [0.4, 0.5) is 0 Å². The zero-order valence-corrected chi connectivity index (χ0v) is 20.1. The van der Waals surface area contributed by atoms with Crippen LogP contribution in [0.15, 0.2) is 50.3 Å².